The Bertz CT molecular complexity index is 688. The van der Waals surface area contributed by atoms with E-state index in [1.165, 1.54) is 11.8 Å². The van der Waals surface area contributed by atoms with Gasteiger partial charge in [0.1, 0.15) is 0 Å². The molecular weight excluding hydrogens is 322 g/mol. The molecule has 1 aromatic carbocycles. The van der Waals surface area contributed by atoms with Crippen molar-refractivity contribution in [3.05, 3.63) is 54.4 Å². The van der Waals surface area contributed by atoms with Crippen molar-refractivity contribution < 1.29 is 9.59 Å². The lowest BCUT2D eigenvalue weighted by Crippen LogP contribution is -2.31. The Kier molecular flexibility index (Phi) is 6.81. The van der Waals surface area contributed by atoms with Crippen LogP contribution in [0.2, 0.25) is 0 Å². The third kappa shape index (κ3) is 4.83. The maximum absolute atomic E-state index is 12.6. The SMILES string of the molecule is CCN(CC)C(=O)c1ccccc1NC(=O)CSc1ccncc1. The monoisotopic (exact) mass is 343 g/mol. The predicted octanol–water partition coefficient (Wildman–Crippen LogP) is 3.29. The van der Waals surface area contributed by atoms with Crippen LogP contribution in [0.25, 0.3) is 0 Å². The number of rotatable bonds is 7. The van der Waals surface area contributed by atoms with E-state index in [0.29, 0.717) is 24.3 Å². The fraction of sp³-hybridized carbons (Fsp3) is 0.278. The van der Waals surface area contributed by atoms with E-state index in [1.54, 1.807) is 35.5 Å². The summed E-state index contributed by atoms with van der Waals surface area (Å²) in [4.78, 5) is 31.4. The Labute approximate surface area is 146 Å². The van der Waals surface area contributed by atoms with Crippen LogP contribution in [0.5, 0.6) is 0 Å². The Balaban J connectivity index is 2.04. The van der Waals surface area contributed by atoms with Crippen molar-refractivity contribution in [1.82, 2.24) is 9.88 Å². The van der Waals surface area contributed by atoms with Crippen LogP contribution in [-0.2, 0) is 4.79 Å². The summed E-state index contributed by atoms with van der Waals surface area (Å²) in [5.74, 6) is 0.0620. The Morgan fingerprint density at radius 2 is 1.75 bits per heavy atom. The lowest BCUT2D eigenvalue weighted by atomic mass is 10.1. The standard InChI is InChI=1S/C18H21N3O2S/c1-3-21(4-2)18(23)15-7-5-6-8-16(15)20-17(22)13-24-14-9-11-19-12-10-14/h5-12H,3-4,13H2,1-2H3,(H,20,22). The molecule has 0 saturated heterocycles. The number of aromatic nitrogens is 1. The van der Waals surface area contributed by atoms with Gasteiger partial charge in [-0.2, -0.15) is 0 Å². The minimum Gasteiger partial charge on any atom is -0.339 e. The van der Waals surface area contributed by atoms with Gasteiger partial charge in [0.15, 0.2) is 0 Å². The second-order valence-electron chi connectivity index (χ2n) is 5.04. The zero-order valence-corrected chi connectivity index (χ0v) is 14.7. The normalized spacial score (nSPS) is 10.2. The van der Waals surface area contributed by atoms with Crippen LogP contribution in [0, 0.1) is 0 Å². The number of carbonyl (C=O) groups excluding carboxylic acids is 2. The van der Waals surface area contributed by atoms with Crippen LogP contribution in [0.3, 0.4) is 0 Å². The number of hydrogen-bond acceptors (Lipinski definition) is 4. The van der Waals surface area contributed by atoms with Crippen LogP contribution < -0.4 is 5.32 Å². The van der Waals surface area contributed by atoms with Crippen molar-refractivity contribution in [2.75, 3.05) is 24.2 Å². The van der Waals surface area contributed by atoms with E-state index < -0.39 is 0 Å². The van der Waals surface area contributed by atoms with Crippen LogP contribution in [0.15, 0.2) is 53.7 Å². The first-order chi connectivity index (χ1) is 11.7. The van der Waals surface area contributed by atoms with E-state index in [1.807, 2.05) is 32.0 Å². The van der Waals surface area contributed by atoms with Gasteiger partial charge in [0.25, 0.3) is 5.91 Å². The number of hydrogen-bond donors (Lipinski definition) is 1. The van der Waals surface area contributed by atoms with Crippen LogP contribution >= 0.6 is 11.8 Å². The molecule has 5 nitrogen and oxygen atoms in total. The molecule has 2 amide bonds. The van der Waals surface area contributed by atoms with Crippen molar-refractivity contribution in [3.8, 4) is 0 Å². The zero-order chi connectivity index (χ0) is 17.4. The highest BCUT2D eigenvalue weighted by Gasteiger charge is 2.17. The van der Waals surface area contributed by atoms with Gasteiger partial charge in [-0.15, -0.1) is 11.8 Å². The molecule has 2 aromatic rings. The molecule has 0 spiro atoms. The molecule has 1 N–H and O–H groups in total. The summed E-state index contributed by atoms with van der Waals surface area (Å²) in [5, 5.41) is 2.84. The summed E-state index contributed by atoms with van der Waals surface area (Å²) in [6.45, 7) is 5.15. The second kappa shape index (κ2) is 9.08. The molecule has 0 saturated carbocycles. The average molecular weight is 343 g/mol. The van der Waals surface area contributed by atoms with Crippen LogP contribution in [-0.4, -0.2) is 40.5 Å². The number of carbonyl (C=O) groups is 2. The van der Waals surface area contributed by atoms with Gasteiger partial charge in [-0.1, -0.05) is 12.1 Å². The molecular formula is C18H21N3O2S. The highest BCUT2D eigenvalue weighted by atomic mass is 32.2. The molecule has 2 rings (SSSR count). The number of para-hydroxylation sites is 1. The van der Waals surface area contributed by atoms with Gasteiger partial charge in [-0.25, -0.2) is 0 Å². The Hall–Kier alpha value is -2.34. The van der Waals surface area contributed by atoms with Gasteiger partial charge in [0, 0.05) is 30.4 Å². The summed E-state index contributed by atoms with van der Waals surface area (Å²) in [7, 11) is 0. The summed E-state index contributed by atoms with van der Waals surface area (Å²) < 4.78 is 0. The molecule has 1 heterocycles. The number of amides is 2. The molecule has 0 fully saturated rings. The van der Waals surface area contributed by atoms with E-state index in [4.69, 9.17) is 0 Å². The summed E-state index contributed by atoms with van der Waals surface area (Å²) in [6.07, 6.45) is 3.39. The van der Waals surface area contributed by atoms with Crippen LogP contribution in [0.4, 0.5) is 5.69 Å². The summed E-state index contributed by atoms with van der Waals surface area (Å²) in [6, 6.07) is 10.8. The average Bonchev–Trinajstić information content (AvgIpc) is 2.62. The number of benzene rings is 1. The fourth-order valence-corrected chi connectivity index (χ4v) is 2.91. The van der Waals surface area contributed by atoms with Crippen molar-refractivity contribution >= 4 is 29.3 Å². The topological polar surface area (TPSA) is 62.3 Å². The van der Waals surface area contributed by atoms with E-state index in [0.717, 1.165) is 4.90 Å². The molecule has 6 heteroatoms. The third-order valence-corrected chi connectivity index (χ3v) is 4.51. The van der Waals surface area contributed by atoms with Crippen molar-refractivity contribution in [2.45, 2.75) is 18.7 Å². The molecule has 0 aliphatic carbocycles. The minimum atomic E-state index is -0.142. The number of nitrogens with one attached hydrogen (secondary N) is 1. The van der Waals surface area contributed by atoms with Gasteiger partial charge in [0.2, 0.25) is 5.91 Å². The lowest BCUT2D eigenvalue weighted by molar-refractivity contribution is -0.113. The van der Waals surface area contributed by atoms with Crippen molar-refractivity contribution in [3.63, 3.8) is 0 Å². The van der Waals surface area contributed by atoms with Crippen LogP contribution in [0.1, 0.15) is 24.2 Å². The van der Waals surface area contributed by atoms with Gasteiger partial charge < -0.3 is 10.2 Å². The largest absolute Gasteiger partial charge is 0.339 e. The summed E-state index contributed by atoms with van der Waals surface area (Å²) in [5.41, 5.74) is 1.07. The first-order valence-corrected chi connectivity index (χ1v) is 8.85. The lowest BCUT2D eigenvalue weighted by Gasteiger charge is -2.20. The fourth-order valence-electron chi connectivity index (χ4n) is 2.23. The predicted molar refractivity (Wildman–Crippen MR) is 97.3 cm³/mol. The highest BCUT2D eigenvalue weighted by molar-refractivity contribution is 8.00. The highest BCUT2D eigenvalue weighted by Crippen LogP contribution is 2.20. The molecule has 0 bridgehead atoms. The van der Waals surface area contributed by atoms with Gasteiger partial charge in [-0.3, -0.25) is 14.6 Å². The quantitative estimate of drug-likeness (QED) is 0.784. The van der Waals surface area contributed by atoms with Gasteiger partial charge >= 0.3 is 0 Å². The Morgan fingerprint density at radius 3 is 2.42 bits per heavy atom. The summed E-state index contributed by atoms with van der Waals surface area (Å²) >= 11 is 1.43. The number of pyridine rings is 1. The Morgan fingerprint density at radius 1 is 1.08 bits per heavy atom. The maximum atomic E-state index is 12.6. The molecule has 126 valence electrons. The second-order valence-corrected chi connectivity index (χ2v) is 6.09. The van der Waals surface area contributed by atoms with E-state index in [-0.39, 0.29) is 17.6 Å². The van der Waals surface area contributed by atoms with Crippen molar-refractivity contribution in [1.29, 1.82) is 0 Å². The molecule has 0 aliphatic rings. The molecule has 0 radical (unpaired) electrons. The zero-order valence-electron chi connectivity index (χ0n) is 13.9. The third-order valence-electron chi connectivity index (χ3n) is 3.50. The van der Waals surface area contributed by atoms with Gasteiger partial charge in [-0.05, 0) is 38.1 Å². The molecule has 24 heavy (non-hydrogen) atoms. The van der Waals surface area contributed by atoms with Gasteiger partial charge in [0.05, 0.1) is 17.0 Å². The van der Waals surface area contributed by atoms with Crippen molar-refractivity contribution in [2.24, 2.45) is 0 Å². The first-order valence-electron chi connectivity index (χ1n) is 7.86. The molecule has 0 aliphatic heterocycles. The minimum absolute atomic E-state index is 0.0716. The number of anilines is 1. The van der Waals surface area contributed by atoms with E-state index >= 15 is 0 Å². The smallest absolute Gasteiger partial charge is 0.255 e. The maximum Gasteiger partial charge on any atom is 0.255 e. The van der Waals surface area contributed by atoms with E-state index in [2.05, 4.69) is 10.3 Å². The molecule has 0 unspecified atom stereocenters. The first kappa shape index (κ1) is 18.0. The number of nitrogens with zero attached hydrogens (tertiary/aromatic N) is 2. The van der Waals surface area contributed by atoms with E-state index in [9.17, 15) is 9.59 Å². The number of thioether (sulfide) groups is 1. The molecule has 1 aromatic heterocycles. The molecule has 0 atom stereocenters.